The Morgan fingerprint density at radius 3 is 2.69 bits per heavy atom. The molecule has 0 saturated heterocycles. The van der Waals surface area contributed by atoms with Crippen LogP contribution in [0, 0.1) is 11.8 Å². The van der Waals surface area contributed by atoms with Crippen LogP contribution in [-0.2, 0) is 16.0 Å². The summed E-state index contributed by atoms with van der Waals surface area (Å²) in [5, 5.41) is 13.8. The van der Waals surface area contributed by atoms with E-state index in [4.69, 9.17) is 0 Å². The number of amides is 2. The first-order valence-electron chi connectivity index (χ1n) is 12.0. The lowest BCUT2D eigenvalue weighted by Crippen LogP contribution is -2.33. The molecule has 2 aliphatic rings. The summed E-state index contributed by atoms with van der Waals surface area (Å²) in [6.07, 6.45) is 6.56. The van der Waals surface area contributed by atoms with Crippen molar-refractivity contribution < 1.29 is 14.7 Å². The number of anilines is 2. The minimum Gasteiger partial charge on any atom is -0.392 e. The van der Waals surface area contributed by atoms with Gasteiger partial charge in [-0.25, -0.2) is 0 Å². The Morgan fingerprint density at radius 2 is 1.94 bits per heavy atom. The van der Waals surface area contributed by atoms with Gasteiger partial charge in [-0.05, 0) is 42.0 Å². The summed E-state index contributed by atoms with van der Waals surface area (Å²) < 4.78 is 0. The monoisotopic (exact) mass is 434 g/mol. The fourth-order valence-electron chi connectivity index (χ4n) is 4.66. The Morgan fingerprint density at radius 1 is 1.16 bits per heavy atom. The van der Waals surface area contributed by atoms with E-state index in [1.165, 1.54) is 0 Å². The number of rotatable bonds is 9. The van der Waals surface area contributed by atoms with E-state index in [-0.39, 0.29) is 11.8 Å². The minimum absolute atomic E-state index is 0.0256. The van der Waals surface area contributed by atoms with Gasteiger partial charge in [0.1, 0.15) is 0 Å². The third-order valence-corrected chi connectivity index (χ3v) is 6.84. The molecule has 5 nitrogen and oxygen atoms in total. The van der Waals surface area contributed by atoms with Gasteiger partial charge >= 0.3 is 0 Å². The molecule has 0 radical (unpaired) electrons. The molecule has 2 aromatic rings. The number of nitrogens with zero attached hydrogens (tertiary/aromatic N) is 1. The number of carbonyl (C=O) groups is 2. The second kappa shape index (κ2) is 9.86. The summed E-state index contributed by atoms with van der Waals surface area (Å²) in [6.45, 7) is 2.14. The van der Waals surface area contributed by atoms with E-state index in [1.54, 1.807) is 11.9 Å². The molecule has 0 spiro atoms. The SMILES string of the molecule is CCCCC[C@H](O)[C@@H](CC1CC1)C(=O)Nc1ccc2c(c1)N(C)C(=O)Cc1ccccc1-2. The molecule has 1 saturated carbocycles. The van der Waals surface area contributed by atoms with E-state index < -0.39 is 12.0 Å². The first-order chi connectivity index (χ1) is 15.5. The zero-order valence-corrected chi connectivity index (χ0v) is 19.1. The molecule has 0 aromatic heterocycles. The van der Waals surface area contributed by atoms with Gasteiger partial charge in [-0.15, -0.1) is 0 Å². The van der Waals surface area contributed by atoms with Gasteiger partial charge in [0, 0.05) is 18.3 Å². The van der Waals surface area contributed by atoms with E-state index in [0.29, 0.717) is 24.4 Å². The molecule has 2 N–H and O–H groups in total. The van der Waals surface area contributed by atoms with Crippen molar-refractivity contribution in [1.29, 1.82) is 0 Å². The second-order valence-corrected chi connectivity index (χ2v) is 9.36. The number of aliphatic hydroxyl groups is 1. The van der Waals surface area contributed by atoms with Crippen LogP contribution < -0.4 is 10.2 Å². The number of likely N-dealkylation sites (N-methyl/N-ethyl adjacent to an activating group) is 1. The third-order valence-electron chi connectivity index (χ3n) is 6.84. The van der Waals surface area contributed by atoms with Gasteiger partial charge in [0.15, 0.2) is 0 Å². The summed E-state index contributed by atoms with van der Waals surface area (Å²) in [6, 6.07) is 13.7. The van der Waals surface area contributed by atoms with Gasteiger partial charge in [0.2, 0.25) is 11.8 Å². The van der Waals surface area contributed by atoms with Crippen molar-refractivity contribution in [3.8, 4) is 11.1 Å². The van der Waals surface area contributed by atoms with E-state index in [2.05, 4.69) is 12.2 Å². The van der Waals surface area contributed by atoms with Crippen molar-refractivity contribution in [3.05, 3.63) is 48.0 Å². The first-order valence-corrected chi connectivity index (χ1v) is 12.0. The smallest absolute Gasteiger partial charge is 0.231 e. The Kier molecular flexibility index (Phi) is 6.95. The third kappa shape index (κ3) is 5.04. The summed E-state index contributed by atoms with van der Waals surface area (Å²) in [5.41, 5.74) is 4.51. The highest BCUT2D eigenvalue weighted by Crippen LogP contribution is 2.39. The van der Waals surface area contributed by atoms with E-state index >= 15 is 0 Å². The van der Waals surface area contributed by atoms with Crippen molar-refractivity contribution in [2.45, 2.75) is 64.4 Å². The number of hydrogen-bond acceptors (Lipinski definition) is 3. The molecule has 1 aliphatic carbocycles. The summed E-state index contributed by atoms with van der Waals surface area (Å²) >= 11 is 0. The van der Waals surface area contributed by atoms with Crippen LogP contribution in [0.2, 0.25) is 0 Å². The normalized spacial score (nSPS) is 17.2. The van der Waals surface area contributed by atoms with E-state index in [0.717, 1.165) is 60.9 Å². The lowest BCUT2D eigenvalue weighted by atomic mass is 9.91. The maximum absolute atomic E-state index is 13.2. The number of carbonyl (C=O) groups excluding carboxylic acids is 2. The van der Waals surface area contributed by atoms with Gasteiger partial charge in [-0.1, -0.05) is 69.4 Å². The number of hydrogen-bond donors (Lipinski definition) is 2. The lowest BCUT2D eigenvalue weighted by Gasteiger charge is -2.23. The molecule has 4 rings (SSSR count). The van der Waals surface area contributed by atoms with Crippen molar-refractivity contribution in [3.63, 3.8) is 0 Å². The molecule has 170 valence electrons. The molecule has 32 heavy (non-hydrogen) atoms. The predicted octanol–water partition coefficient (Wildman–Crippen LogP) is 5.17. The van der Waals surface area contributed by atoms with Crippen LogP contribution in [0.4, 0.5) is 11.4 Å². The summed E-state index contributed by atoms with van der Waals surface area (Å²) in [4.78, 5) is 27.6. The quantitative estimate of drug-likeness (QED) is 0.535. The zero-order valence-electron chi connectivity index (χ0n) is 19.1. The van der Waals surface area contributed by atoms with Gasteiger partial charge in [-0.2, -0.15) is 0 Å². The standard InChI is InChI=1S/C27H34N2O3/c1-3-4-5-10-25(30)23(15-18-11-12-18)27(32)28-20-13-14-22-21-9-7-6-8-19(21)16-26(31)29(2)24(22)17-20/h6-9,13-14,17-18,23,25,30H,3-5,10-12,15-16H2,1-2H3,(H,28,32)/t23-,25+/m1/s1. The van der Waals surface area contributed by atoms with Crippen LogP contribution in [0.5, 0.6) is 0 Å². The highest BCUT2D eigenvalue weighted by atomic mass is 16.3. The Labute approximate surface area is 190 Å². The topological polar surface area (TPSA) is 69.6 Å². The van der Waals surface area contributed by atoms with Gasteiger partial charge in [-0.3, -0.25) is 9.59 Å². The van der Waals surface area contributed by atoms with Gasteiger partial charge in [0.25, 0.3) is 0 Å². The summed E-state index contributed by atoms with van der Waals surface area (Å²) in [7, 11) is 1.78. The fourth-order valence-corrected chi connectivity index (χ4v) is 4.66. The van der Waals surface area contributed by atoms with Crippen LogP contribution in [0.3, 0.4) is 0 Å². The molecule has 5 heteroatoms. The van der Waals surface area contributed by atoms with Crippen molar-refractivity contribution in [2.24, 2.45) is 11.8 Å². The number of fused-ring (bicyclic) bond motifs is 3. The van der Waals surface area contributed by atoms with Crippen LogP contribution in [0.15, 0.2) is 42.5 Å². The highest BCUT2D eigenvalue weighted by molar-refractivity contribution is 6.03. The highest BCUT2D eigenvalue weighted by Gasteiger charge is 2.34. The average molecular weight is 435 g/mol. The molecule has 0 unspecified atom stereocenters. The van der Waals surface area contributed by atoms with Crippen molar-refractivity contribution in [2.75, 3.05) is 17.3 Å². The van der Waals surface area contributed by atoms with Crippen LogP contribution in [0.1, 0.15) is 57.4 Å². The van der Waals surface area contributed by atoms with E-state index in [9.17, 15) is 14.7 Å². The number of aliphatic hydroxyl groups excluding tert-OH is 1. The maximum atomic E-state index is 13.2. The number of benzene rings is 2. The van der Waals surface area contributed by atoms with E-state index in [1.807, 2.05) is 42.5 Å². The molecule has 1 aliphatic heterocycles. The Bertz CT molecular complexity index is 983. The maximum Gasteiger partial charge on any atom is 0.231 e. The molecule has 1 fully saturated rings. The van der Waals surface area contributed by atoms with Gasteiger partial charge < -0.3 is 15.3 Å². The van der Waals surface area contributed by atoms with Crippen LogP contribution in [0.25, 0.3) is 11.1 Å². The molecule has 2 amide bonds. The molecule has 2 aromatic carbocycles. The second-order valence-electron chi connectivity index (χ2n) is 9.36. The first kappa shape index (κ1) is 22.5. The Hall–Kier alpha value is -2.66. The van der Waals surface area contributed by atoms with Crippen LogP contribution in [-0.4, -0.2) is 30.1 Å². The lowest BCUT2D eigenvalue weighted by molar-refractivity contribution is -0.124. The number of nitrogens with one attached hydrogen (secondary N) is 1. The molecular formula is C27H34N2O3. The predicted molar refractivity (Wildman–Crippen MR) is 129 cm³/mol. The zero-order chi connectivity index (χ0) is 22.7. The molecule has 1 heterocycles. The largest absolute Gasteiger partial charge is 0.392 e. The van der Waals surface area contributed by atoms with Crippen LogP contribution >= 0.6 is 0 Å². The van der Waals surface area contributed by atoms with Crippen molar-refractivity contribution >= 4 is 23.2 Å². The summed E-state index contributed by atoms with van der Waals surface area (Å²) in [5.74, 6) is 0.0682. The van der Waals surface area contributed by atoms with Crippen molar-refractivity contribution in [1.82, 2.24) is 0 Å². The minimum atomic E-state index is -0.612. The Balaban J connectivity index is 1.56. The number of unbranched alkanes of at least 4 members (excludes halogenated alkanes) is 2. The average Bonchev–Trinajstić information content (AvgIpc) is 3.62. The van der Waals surface area contributed by atoms with Gasteiger partial charge in [0.05, 0.1) is 24.1 Å². The molecule has 2 atom stereocenters. The molecular weight excluding hydrogens is 400 g/mol. The fraction of sp³-hybridized carbons (Fsp3) is 0.481. The molecule has 0 bridgehead atoms.